The normalized spacial score (nSPS) is 9.56. The van der Waals surface area contributed by atoms with E-state index in [4.69, 9.17) is 0 Å². The summed E-state index contributed by atoms with van der Waals surface area (Å²) >= 11 is 0. The molecular formula is C7H6FO-. The number of rotatable bonds is 0. The summed E-state index contributed by atoms with van der Waals surface area (Å²) in [7, 11) is 0. The monoisotopic (exact) mass is 125 g/mol. The van der Waals surface area contributed by atoms with Gasteiger partial charge in [0.1, 0.15) is 5.82 Å². The summed E-state index contributed by atoms with van der Waals surface area (Å²) in [6, 6.07) is 3.61. The number of benzene rings is 1. The molecule has 0 spiro atoms. The molecular weight excluding hydrogens is 119 g/mol. The fourth-order valence-electron chi connectivity index (χ4n) is 0.613. The SMILES string of the molecule is Cc1cc(F)ccc1[O-]. The van der Waals surface area contributed by atoms with Gasteiger partial charge in [-0.15, -0.1) is 5.75 Å². The molecule has 0 saturated heterocycles. The molecule has 1 rings (SSSR count). The lowest BCUT2D eigenvalue weighted by Gasteiger charge is -2.07. The van der Waals surface area contributed by atoms with Crippen LogP contribution in [0.1, 0.15) is 5.56 Å². The van der Waals surface area contributed by atoms with Crippen LogP contribution in [0.15, 0.2) is 18.2 Å². The molecule has 0 atom stereocenters. The molecule has 0 aliphatic heterocycles. The minimum atomic E-state index is -0.355. The number of aryl methyl sites for hydroxylation is 1. The Balaban J connectivity index is 3.17. The number of hydrogen-bond acceptors (Lipinski definition) is 1. The van der Waals surface area contributed by atoms with Crippen LogP contribution in [0.4, 0.5) is 4.39 Å². The molecule has 1 aromatic carbocycles. The van der Waals surface area contributed by atoms with Gasteiger partial charge in [-0.25, -0.2) is 4.39 Å². The maximum absolute atomic E-state index is 12.2. The molecule has 1 nitrogen and oxygen atoms in total. The molecule has 0 heterocycles. The number of hydrogen-bond donors (Lipinski definition) is 0. The second kappa shape index (κ2) is 2.05. The summed E-state index contributed by atoms with van der Waals surface area (Å²) in [5.41, 5.74) is 0.454. The maximum Gasteiger partial charge on any atom is 0.123 e. The summed E-state index contributed by atoms with van der Waals surface area (Å²) in [6.45, 7) is 1.59. The van der Waals surface area contributed by atoms with Crippen molar-refractivity contribution in [2.45, 2.75) is 6.92 Å². The molecule has 0 radical (unpaired) electrons. The van der Waals surface area contributed by atoms with Crippen molar-refractivity contribution in [3.05, 3.63) is 29.6 Å². The third kappa shape index (κ3) is 1.19. The van der Waals surface area contributed by atoms with Crippen molar-refractivity contribution >= 4 is 0 Å². The van der Waals surface area contributed by atoms with Gasteiger partial charge in [0, 0.05) is 0 Å². The molecule has 0 aliphatic carbocycles. The average molecular weight is 125 g/mol. The quantitative estimate of drug-likeness (QED) is 0.511. The van der Waals surface area contributed by atoms with E-state index in [-0.39, 0.29) is 11.6 Å². The second-order valence-corrected chi connectivity index (χ2v) is 1.91. The summed E-state index contributed by atoms with van der Waals surface area (Å²) in [6.07, 6.45) is 0. The minimum Gasteiger partial charge on any atom is -0.872 e. The van der Waals surface area contributed by atoms with Gasteiger partial charge in [0.25, 0.3) is 0 Å². The average Bonchev–Trinajstić information content (AvgIpc) is 1.80. The molecule has 0 saturated carbocycles. The third-order valence-corrected chi connectivity index (χ3v) is 1.14. The largest absolute Gasteiger partial charge is 0.872 e. The highest BCUT2D eigenvalue weighted by atomic mass is 19.1. The van der Waals surface area contributed by atoms with Gasteiger partial charge < -0.3 is 5.11 Å². The van der Waals surface area contributed by atoms with Crippen molar-refractivity contribution in [3.63, 3.8) is 0 Å². The summed E-state index contributed by atoms with van der Waals surface area (Å²) in [4.78, 5) is 0. The second-order valence-electron chi connectivity index (χ2n) is 1.91. The first-order valence-electron chi connectivity index (χ1n) is 2.63. The molecule has 48 valence electrons. The van der Waals surface area contributed by atoms with Gasteiger partial charge in [0.2, 0.25) is 0 Å². The van der Waals surface area contributed by atoms with Crippen molar-refractivity contribution in [2.75, 3.05) is 0 Å². The molecule has 2 heteroatoms. The van der Waals surface area contributed by atoms with Crippen molar-refractivity contribution in [1.82, 2.24) is 0 Å². The Labute approximate surface area is 52.8 Å². The predicted molar refractivity (Wildman–Crippen MR) is 30.6 cm³/mol. The van der Waals surface area contributed by atoms with Crippen molar-refractivity contribution < 1.29 is 9.50 Å². The first-order valence-corrected chi connectivity index (χ1v) is 2.63. The summed E-state index contributed by atoms with van der Waals surface area (Å²) in [5.74, 6) is -0.469. The Morgan fingerprint density at radius 3 is 2.56 bits per heavy atom. The highest BCUT2D eigenvalue weighted by molar-refractivity contribution is 5.29. The van der Waals surface area contributed by atoms with Gasteiger partial charge in [-0.05, 0) is 19.1 Å². The van der Waals surface area contributed by atoms with Gasteiger partial charge in [0.05, 0.1) is 0 Å². The van der Waals surface area contributed by atoms with E-state index >= 15 is 0 Å². The van der Waals surface area contributed by atoms with Crippen molar-refractivity contribution in [2.24, 2.45) is 0 Å². The van der Waals surface area contributed by atoms with E-state index < -0.39 is 0 Å². The first-order chi connectivity index (χ1) is 4.20. The fraction of sp³-hybridized carbons (Fsp3) is 0.143. The van der Waals surface area contributed by atoms with Gasteiger partial charge >= 0.3 is 0 Å². The topological polar surface area (TPSA) is 23.1 Å². The Bertz CT molecular complexity index is 220. The molecule has 0 fully saturated rings. The Morgan fingerprint density at radius 2 is 2.11 bits per heavy atom. The van der Waals surface area contributed by atoms with Gasteiger partial charge in [0.15, 0.2) is 0 Å². The molecule has 9 heavy (non-hydrogen) atoms. The lowest BCUT2D eigenvalue weighted by atomic mass is 10.2. The van der Waals surface area contributed by atoms with Gasteiger partial charge in [-0.3, -0.25) is 0 Å². The highest BCUT2D eigenvalue weighted by Crippen LogP contribution is 2.12. The highest BCUT2D eigenvalue weighted by Gasteiger charge is 1.88. The van der Waals surface area contributed by atoms with Crippen LogP contribution in [-0.2, 0) is 0 Å². The molecule has 0 amide bonds. The molecule has 0 unspecified atom stereocenters. The first kappa shape index (κ1) is 6.08. The van der Waals surface area contributed by atoms with E-state index in [9.17, 15) is 9.50 Å². The van der Waals surface area contributed by atoms with Crippen LogP contribution >= 0.6 is 0 Å². The van der Waals surface area contributed by atoms with E-state index in [1.165, 1.54) is 12.1 Å². The van der Waals surface area contributed by atoms with Crippen LogP contribution in [0.5, 0.6) is 5.75 Å². The van der Waals surface area contributed by atoms with Crippen LogP contribution < -0.4 is 5.11 Å². The van der Waals surface area contributed by atoms with E-state index in [2.05, 4.69) is 0 Å². The maximum atomic E-state index is 12.2. The number of halogens is 1. The van der Waals surface area contributed by atoms with Gasteiger partial charge in [-0.2, -0.15) is 0 Å². The Morgan fingerprint density at radius 1 is 1.44 bits per heavy atom. The lowest BCUT2D eigenvalue weighted by Crippen LogP contribution is -1.92. The Kier molecular flexibility index (Phi) is 1.39. The minimum absolute atomic E-state index is 0.114. The van der Waals surface area contributed by atoms with E-state index in [1.807, 2.05) is 0 Å². The van der Waals surface area contributed by atoms with Crippen LogP contribution in [0.2, 0.25) is 0 Å². The van der Waals surface area contributed by atoms with Crippen molar-refractivity contribution in [1.29, 1.82) is 0 Å². The van der Waals surface area contributed by atoms with Crippen molar-refractivity contribution in [3.8, 4) is 5.75 Å². The van der Waals surface area contributed by atoms with Gasteiger partial charge in [-0.1, -0.05) is 11.6 Å². The zero-order chi connectivity index (χ0) is 6.85. The molecule has 0 N–H and O–H groups in total. The standard InChI is InChI=1S/C7H7FO/c1-5-4-6(8)2-3-7(5)9/h2-4,9H,1H3/p-1. The van der Waals surface area contributed by atoms with Crippen LogP contribution in [0.3, 0.4) is 0 Å². The van der Waals surface area contributed by atoms with Crippen LogP contribution in [0.25, 0.3) is 0 Å². The predicted octanol–water partition coefficient (Wildman–Crippen LogP) is 1.21. The summed E-state index contributed by atoms with van der Waals surface area (Å²) < 4.78 is 12.2. The molecule has 1 aromatic rings. The van der Waals surface area contributed by atoms with E-state index in [1.54, 1.807) is 6.92 Å². The van der Waals surface area contributed by atoms with Crippen LogP contribution in [0, 0.1) is 12.7 Å². The lowest BCUT2D eigenvalue weighted by molar-refractivity contribution is -0.269. The van der Waals surface area contributed by atoms with Crippen LogP contribution in [-0.4, -0.2) is 0 Å². The molecule has 0 aromatic heterocycles. The third-order valence-electron chi connectivity index (χ3n) is 1.14. The fourth-order valence-corrected chi connectivity index (χ4v) is 0.613. The summed E-state index contributed by atoms with van der Waals surface area (Å²) in [5, 5.41) is 10.6. The zero-order valence-corrected chi connectivity index (χ0v) is 5.02. The molecule has 0 bridgehead atoms. The van der Waals surface area contributed by atoms with E-state index in [0.29, 0.717) is 5.56 Å². The van der Waals surface area contributed by atoms with E-state index in [0.717, 1.165) is 6.07 Å². The molecule has 0 aliphatic rings. The smallest absolute Gasteiger partial charge is 0.123 e. The Hall–Kier alpha value is -1.05. The zero-order valence-electron chi connectivity index (χ0n) is 5.02.